The maximum atomic E-state index is 3.56. The molecule has 1 saturated heterocycles. The minimum absolute atomic E-state index is 0.681. The quantitative estimate of drug-likeness (QED) is 0.615. The fourth-order valence-electron chi connectivity index (χ4n) is 2.72. The third kappa shape index (κ3) is 7.28. The lowest BCUT2D eigenvalue weighted by molar-refractivity contribution is 0.254. The number of hydrogen-bond donors (Lipinski definition) is 1. The molecule has 1 unspecified atom stereocenters. The molecule has 0 aliphatic carbocycles. The zero-order valence-electron chi connectivity index (χ0n) is 13.6. The minimum Gasteiger partial charge on any atom is -0.316 e. The van der Waals surface area contributed by atoms with Crippen LogP contribution in [-0.2, 0) is 0 Å². The van der Waals surface area contributed by atoms with E-state index in [0.29, 0.717) is 6.04 Å². The molecule has 0 saturated carbocycles. The van der Waals surface area contributed by atoms with Gasteiger partial charge in [-0.25, -0.2) is 0 Å². The van der Waals surface area contributed by atoms with Crippen LogP contribution in [0.25, 0.3) is 0 Å². The van der Waals surface area contributed by atoms with Crippen molar-refractivity contribution in [2.75, 3.05) is 46.3 Å². The summed E-state index contributed by atoms with van der Waals surface area (Å²) in [5, 5.41) is 3.56. The average molecular weight is 269 g/mol. The molecule has 0 aromatic rings. The highest BCUT2D eigenvalue weighted by molar-refractivity contribution is 4.77. The number of nitrogens with one attached hydrogen (secondary N) is 1. The summed E-state index contributed by atoms with van der Waals surface area (Å²) in [7, 11) is 2.23. The van der Waals surface area contributed by atoms with Crippen LogP contribution in [0, 0.1) is 5.92 Å². The van der Waals surface area contributed by atoms with Crippen LogP contribution in [0.5, 0.6) is 0 Å². The van der Waals surface area contributed by atoms with Crippen molar-refractivity contribution in [1.82, 2.24) is 15.1 Å². The predicted molar refractivity (Wildman–Crippen MR) is 84.7 cm³/mol. The summed E-state index contributed by atoms with van der Waals surface area (Å²) >= 11 is 0. The van der Waals surface area contributed by atoms with E-state index in [-0.39, 0.29) is 0 Å². The van der Waals surface area contributed by atoms with Gasteiger partial charge < -0.3 is 15.1 Å². The second kappa shape index (κ2) is 9.73. The molecule has 1 aliphatic rings. The summed E-state index contributed by atoms with van der Waals surface area (Å²) in [6, 6.07) is 0.681. The topological polar surface area (TPSA) is 18.5 Å². The lowest BCUT2D eigenvalue weighted by Crippen LogP contribution is -2.29. The van der Waals surface area contributed by atoms with Crippen molar-refractivity contribution in [1.29, 1.82) is 0 Å². The van der Waals surface area contributed by atoms with Crippen LogP contribution in [0.2, 0.25) is 0 Å². The van der Waals surface area contributed by atoms with Crippen molar-refractivity contribution < 1.29 is 0 Å². The highest BCUT2D eigenvalue weighted by Gasteiger charge is 2.21. The molecule has 1 rings (SSSR count). The molecule has 0 bridgehead atoms. The van der Waals surface area contributed by atoms with Gasteiger partial charge in [0.2, 0.25) is 0 Å². The Morgan fingerprint density at radius 2 is 2.11 bits per heavy atom. The van der Waals surface area contributed by atoms with E-state index in [9.17, 15) is 0 Å². The van der Waals surface area contributed by atoms with Gasteiger partial charge in [0.05, 0.1) is 0 Å². The number of hydrogen-bond acceptors (Lipinski definition) is 3. The van der Waals surface area contributed by atoms with Crippen LogP contribution in [0.4, 0.5) is 0 Å². The lowest BCUT2D eigenvalue weighted by atomic mass is 10.1. The van der Waals surface area contributed by atoms with Gasteiger partial charge in [-0.05, 0) is 85.2 Å². The average Bonchev–Trinajstić information content (AvgIpc) is 2.82. The van der Waals surface area contributed by atoms with E-state index in [4.69, 9.17) is 0 Å². The van der Waals surface area contributed by atoms with Gasteiger partial charge in [-0.15, -0.1) is 0 Å². The van der Waals surface area contributed by atoms with Gasteiger partial charge in [0.15, 0.2) is 0 Å². The van der Waals surface area contributed by atoms with Crippen LogP contribution < -0.4 is 5.32 Å². The van der Waals surface area contributed by atoms with Crippen molar-refractivity contribution in [2.24, 2.45) is 5.92 Å². The van der Waals surface area contributed by atoms with E-state index in [1.54, 1.807) is 0 Å². The first-order valence-corrected chi connectivity index (χ1v) is 8.26. The van der Waals surface area contributed by atoms with Gasteiger partial charge in [-0.2, -0.15) is 0 Å². The summed E-state index contributed by atoms with van der Waals surface area (Å²) in [6.45, 7) is 14.4. The van der Waals surface area contributed by atoms with E-state index in [1.807, 2.05) is 0 Å². The number of rotatable bonds is 10. The largest absolute Gasteiger partial charge is 0.316 e. The highest BCUT2D eigenvalue weighted by Crippen LogP contribution is 2.15. The molecule has 1 atom stereocenters. The molecular weight excluding hydrogens is 234 g/mol. The first kappa shape index (κ1) is 16.9. The molecule has 0 radical (unpaired) electrons. The number of nitrogens with zero attached hydrogens (tertiary/aromatic N) is 2. The molecule has 19 heavy (non-hydrogen) atoms. The molecule has 1 heterocycles. The molecule has 1 aliphatic heterocycles. The van der Waals surface area contributed by atoms with E-state index in [0.717, 1.165) is 5.92 Å². The van der Waals surface area contributed by atoms with Gasteiger partial charge in [0.1, 0.15) is 0 Å². The summed E-state index contributed by atoms with van der Waals surface area (Å²) in [5.74, 6) is 0.893. The first-order chi connectivity index (χ1) is 9.13. The highest BCUT2D eigenvalue weighted by atomic mass is 15.1. The molecular formula is C16H35N3. The normalized spacial score (nSPS) is 20.8. The Morgan fingerprint density at radius 1 is 1.32 bits per heavy atom. The van der Waals surface area contributed by atoms with Crippen molar-refractivity contribution in [3.8, 4) is 0 Å². The van der Waals surface area contributed by atoms with Gasteiger partial charge in [0.25, 0.3) is 0 Å². The van der Waals surface area contributed by atoms with Gasteiger partial charge in [-0.3, -0.25) is 0 Å². The maximum absolute atomic E-state index is 3.56. The van der Waals surface area contributed by atoms with Crippen molar-refractivity contribution in [3.63, 3.8) is 0 Å². The molecule has 0 amide bonds. The molecule has 1 fully saturated rings. The zero-order chi connectivity index (χ0) is 14.1. The third-order valence-electron chi connectivity index (χ3n) is 4.35. The smallest absolute Gasteiger partial charge is 0.00355 e. The molecule has 1 N–H and O–H groups in total. The Labute approximate surface area is 120 Å². The maximum Gasteiger partial charge on any atom is 0.00355 e. The van der Waals surface area contributed by atoms with E-state index in [1.165, 1.54) is 65.0 Å². The predicted octanol–water partition coefficient (Wildman–Crippen LogP) is 2.43. The Morgan fingerprint density at radius 3 is 2.79 bits per heavy atom. The van der Waals surface area contributed by atoms with Gasteiger partial charge in [-0.1, -0.05) is 6.92 Å². The zero-order valence-corrected chi connectivity index (χ0v) is 13.6. The van der Waals surface area contributed by atoms with Crippen LogP contribution >= 0.6 is 0 Å². The Hall–Kier alpha value is -0.120. The Bertz CT molecular complexity index is 218. The first-order valence-electron chi connectivity index (χ1n) is 8.26. The molecule has 114 valence electrons. The van der Waals surface area contributed by atoms with E-state index < -0.39 is 0 Å². The van der Waals surface area contributed by atoms with Crippen LogP contribution in [0.3, 0.4) is 0 Å². The fraction of sp³-hybridized carbons (Fsp3) is 1.00. The second-order valence-corrected chi connectivity index (χ2v) is 6.44. The molecule has 3 heteroatoms. The van der Waals surface area contributed by atoms with Crippen molar-refractivity contribution in [3.05, 3.63) is 0 Å². The Balaban J connectivity index is 1.99. The SMILES string of the molecule is CCCNCC1CCN(CCCCN(C)C(C)C)C1. The molecule has 3 nitrogen and oxygen atoms in total. The minimum atomic E-state index is 0.681. The summed E-state index contributed by atoms with van der Waals surface area (Å²) in [4.78, 5) is 5.11. The monoisotopic (exact) mass is 269 g/mol. The third-order valence-corrected chi connectivity index (χ3v) is 4.35. The van der Waals surface area contributed by atoms with E-state index >= 15 is 0 Å². The van der Waals surface area contributed by atoms with Gasteiger partial charge >= 0.3 is 0 Å². The molecule has 0 spiro atoms. The lowest BCUT2D eigenvalue weighted by Gasteiger charge is -2.21. The van der Waals surface area contributed by atoms with Crippen LogP contribution in [-0.4, -0.2) is 62.2 Å². The van der Waals surface area contributed by atoms with Crippen molar-refractivity contribution >= 4 is 0 Å². The summed E-state index contributed by atoms with van der Waals surface area (Å²) < 4.78 is 0. The second-order valence-electron chi connectivity index (χ2n) is 6.44. The summed E-state index contributed by atoms with van der Waals surface area (Å²) in [5.41, 5.74) is 0. The fourth-order valence-corrected chi connectivity index (χ4v) is 2.72. The standard InChI is InChI=1S/C16H35N3/c1-5-9-17-13-16-8-12-19(14-16)11-7-6-10-18(4)15(2)3/h15-17H,5-14H2,1-4H3. The Kier molecular flexibility index (Phi) is 8.67. The summed E-state index contributed by atoms with van der Waals surface area (Å²) in [6.07, 6.45) is 5.33. The number of unbranched alkanes of at least 4 members (excludes halogenated alkanes) is 1. The molecule has 0 aromatic carbocycles. The number of likely N-dealkylation sites (tertiary alicyclic amines) is 1. The van der Waals surface area contributed by atoms with Gasteiger partial charge in [0, 0.05) is 12.6 Å². The van der Waals surface area contributed by atoms with Crippen molar-refractivity contribution in [2.45, 2.75) is 52.5 Å². The van der Waals surface area contributed by atoms with E-state index in [2.05, 4.69) is 42.9 Å². The van der Waals surface area contributed by atoms with Crippen LogP contribution in [0.15, 0.2) is 0 Å². The van der Waals surface area contributed by atoms with Crippen LogP contribution in [0.1, 0.15) is 46.5 Å². The molecule has 0 aromatic heterocycles.